The van der Waals surface area contributed by atoms with Gasteiger partial charge in [-0.05, 0) is 74.7 Å². The summed E-state index contributed by atoms with van der Waals surface area (Å²) in [7, 11) is -3.49. The molecule has 0 atom stereocenters. The van der Waals surface area contributed by atoms with E-state index in [1.165, 1.54) is 28.6 Å². The molecule has 0 N–H and O–H groups in total. The summed E-state index contributed by atoms with van der Waals surface area (Å²) in [5.41, 5.74) is 4.11. The van der Waals surface area contributed by atoms with Crippen molar-refractivity contribution in [2.75, 3.05) is 13.1 Å². The number of hydrogen-bond donors (Lipinski definition) is 0. The molecule has 3 aromatic rings. The lowest BCUT2D eigenvalue weighted by molar-refractivity contribution is 0.0472. The fourth-order valence-electron chi connectivity index (χ4n) is 3.70. The lowest BCUT2D eigenvalue weighted by Gasteiger charge is -2.15. The molecule has 1 fully saturated rings. The average molecular weight is 440 g/mol. The Labute approximate surface area is 182 Å². The second-order valence-corrected chi connectivity index (χ2v) is 9.65. The van der Waals surface area contributed by atoms with Crippen LogP contribution in [0.15, 0.2) is 59.5 Å². The van der Waals surface area contributed by atoms with Gasteiger partial charge in [0.2, 0.25) is 10.0 Å². The van der Waals surface area contributed by atoms with Crippen molar-refractivity contribution in [1.29, 1.82) is 0 Å². The van der Waals surface area contributed by atoms with Gasteiger partial charge in [0.15, 0.2) is 0 Å². The van der Waals surface area contributed by atoms with Gasteiger partial charge in [0, 0.05) is 18.8 Å². The lowest BCUT2D eigenvalue weighted by Crippen LogP contribution is -2.27. The first kappa shape index (κ1) is 21.3. The molecule has 0 amide bonds. The van der Waals surface area contributed by atoms with Crippen molar-refractivity contribution in [3.8, 4) is 5.69 Å². The van der Waals surface area contributed by atoms with Crippen LogP contribution in [-0.4, -0.2) is 41.6 Å². The summed E-state index contributed by atoms with van der Waals surface area (Å²) in [4.78, 5) is 12.6. The van der Waals surface area contributed by atoms with Crippen LogP contribution in [0.5, 0.6) is 0 Å². The van der Waals surface area contributed by atoms with Gasteiger partial charge in [-0.25, -0.2) is 17.9 Å². The molecule has 1 aliphatic heterocycles. The van der Waals surface area contributed by atoms with Gasteiger partial charge in [-0.1, -0.05) is 12.1 Å². The fourth-order valence-corrected chi connectivity index (χ4v) is 5.21. The molecule has 7 nitrogen and oxygen atoms in total. The van der Waals surface area contributed by atoms with Crippen LogP contribution in [0.4, 0.5) is 0 Å². The standard InChI is InChI=1S/C23H25N3O4S/c1-17-15-18(2)26(24-17)21-9-5-19(6-10-21)16-30-23(27)20-7-11-22(12-8-20)31(28,29)25-13-3-4-14-25/h5-12,15H,3-4,13-14,16H2,1-2H3. The monoisotopic (exact) mass is 439 g/mol. The SMILES string of the molecule is Cc1cc(C)n(-c2ccc(COC(=O)c3ccc(S(=O)(=O)N4CCCC4)cc3)cc2)n1. The molecule has 0 spiro atoms. The summed E-state index contributed by atoms with van der Waals surface area (Å²) in [6.45, 7) is 5.17. The van der Waals surface area contributed by atoms with Crippen molar-refractivity contribution in [2.24, 2.45) is 0 Å². The third-order valence-electron chi connectivity index (χ3n) is 5.35. The minimum absolute atomic E-state index is 0.129. The van der Waals surface area contributed by atoms with E-state index in [0.29, 0.717) is 18.7 Å². The highest BCUT2D eigenvalue weighted by Crippen LogP contribution is 2.21. The van der Waals surface area contributed by atoms with Crippen molar-refractivity contribution in [2.45, 2.75) is 38.2 Å². The Morgan fingerprint density at radius 3 is 2.23 bits per heavy atom. The van der Waals surface area contributed by atoms with E-state index in [2.05, 4.69) is 5.10 Å². The van der Waals surface area contributed by atoms with E-state index in [-0.39, 0.29) is 11.5 Å². The molecule has 8 heteroatoms. The van der Waals surface area contributed by atoms with Crippen LogP contribution >= 0.6 is 0 Å². The van der Waals surface area contributed by atoms with Crippen LogP contribution in [0.2, 0.25) is 0 Å². The maximum atomic E-state index is 12.6. The van der Waals surface area contributed by atoms with Crippen molar-refractivity contribution in [3.63, 3.8) is 0 Å². The number of carbonyl (C=O) groups excluding carboxylic acids is 1. The second-order valence-electron chi connectivity index (χ2n) is 7.72. The Kier molecular flexibility index (Phi) is 5.93. The average Bonchev–Trinajstić information content (AvgIpc) is 3.43. The molecule has 31 heavy (non-hydrogen) atoms. The number of nitrogens with zero attached hydrogens (tertiary/aromatic N) is 3. The number of aryl methyl sites for hydroxylation is 2. The summed E-state index contributed by atoms with van der Waals surface area (Å²) in [6.07, 6.45) is 1.76. The third-order valence-corrected chi connectivity index (χ3v) is 7.27. The molecule has 0 unspecified atom stereocenters. The smallest absolute Gasteiger partial charge is 0.338 e. The van der Waals surface area contributed by atoms with Gasteiger partial charge in [0.25, 0.3) is 0 Å². The molecule has 1 saturated heterocycles. The number of hydrogen-bond acceptors (Lipinski definition) is 5. The van der Waals surface area contributed by atoms with E-state index in [9.17, 15) is 13.2 Å². The maximum absolute atomic E-state index is 12.6. The molecule has 0 bridgehead atoms. The van der Waals surface area contributed by atoms with Crippen molar-refractivity contribution in [3.05, 3.63) is 77.1 Å². The van der Waals surface area contributed by atoms with Gasteiger partial charge < -0.3 is 4.74 Å². The molecular formula is C23H25N3O4S. The number of carbonyl (C=O) groups is 1. The van der Waals surface area contributed by atoms with Gasteiger partial charge >= 0.3 is 5.97 Å². The third kappa shape index (κ3) is 4.55. The van der Waals surface area contributed by atoms with Gasteiger partial charge in [-0.2, -0.15) is 9.40 Å². The number of ether oxygens (including phenoxy) is 1. The first-order valence-electron chi connectivity index (χ1n) is 10.2. The predicted octanol–water partition coefficient (Wildman–Crippen LogP) is 3.63. The normalized spacial score (nSPS) is 14.6. The zero-order valence-electron chi connectivity index (χ0n) is 17.6. The summed E-state index contributed by atoms with van der Waals surface area (Å²) >= 11 is 0. The number of esters is 1. The van der Waals surface area contributed by atoms with Crippen LogP contribution in [0.25, 0.3) is 5.69 Å². The highest BCUT2D eigenvalue weighted by Gasteiger charge is 2.27. The van der Waals surface area contributed by atoms with Crippen molar-refractivity contribution < 1.29 is 17.9 Å². The van der Waals surface area contributed by atoms with E-state index in [1.807, 2.05) is 48.9 Å². The summed E-state index contributed by atoms with van der Waals surface area (Å²) in [5, 5.41) is 4.46. The van der Waals surface area contributed by atoms with Crippen LogP contribution in [0, 0.1) is 13.8 Å². The zero-order valence-corrected chi connectivity index (χ0v) is 18.4. The van der Waals surface area contributed by atoms with Crippen LogP contribution in [0.3, 0.4) is 0 Å². The number of rotatable bonds is 6. The molecular weight excluding hydrogens is 414 g/mol. The van der Waals surface area contributed by atoms with E-state index in [4.69, 9.17) is 4.74 Å². The molecule has 1 aromatic heterocycles. The molecule has 162 valence electrons. The van der Waals surface area contributed by atoms with E-state index in [0.717, 1.165) is 35.5 Å². The Hall–Kier alpha value is -2.97. The quantitative estimate of drug-likeness (QED) is 0.548. The van der Waals surface area contributed by atoms with Crippen LogP contribution in [-0.2, 0) is 21.4 Å². The van der Waals surface area contributed by atoms with Crippen molar-refractivity contribution in [1.82, 2.24) is 14.1 Å². The largest absolute Gasteiger partial charge is 0.457 e. The van der Waals surface area contributed by atoms with Gasteiger partial charge in [0.1, 0.15) is 6.61 Å². The van der Waals surface area contributed by atoms with Gasteiger partial charge in [-0.3, -0.25) is 0 Å². The Bertz CT molecular complexity index is 1180. The molecule has 1 aliphatic rings. The van der Waals surface area contributed by atoms with E-state index < -0.39 is 16.0 Å². The van der Waals surface area contributed by atoms with Crippen LogP contribution < -0.4 is 0 Å². The van der Waals surface area contributed by atoms with Crippen LogP contribution in [0.1, 0.15) is 40.2 Å². The first-order valence-corrected chi connectivity index (χ1v) is 11.7. The van der Waals surface area contributed by atoms with Gasteiger partial charge in [0.05, 0.1) is 21.8 Å². The molecule has 2 heterocycles. The van der Waals surface area contributed by atoms with Crippen molar-refractivity contribution >= 4 is 16.0 Å². The highest BCUT2D eigenvalue weighted by molar-refractivity contribution is 7.89. The zero-order chi connectivity index (χ0) is 22.0. The fraction of sp³-hybridized carbons (Fsp3) is 0.304. The number of aromatic nitrogens is 2. The molecule has 4 rings (SSSR count). The maximum Gasteiger partial charge on any atom is 0.338 e. The van der Waals surface area contributed by atoms with E-state index >= 15 is 0 Å². The first-order chi connectivity index (χ1) is 14.8. The Balaban J connectivity index is 1.38. The number of benzene rings is 2. The predicted molar refractivity (Wildman–Crippen MR) is 117 cm³/mol. The lowest BCUT2D eigenvalue weighted by atomic mass is 10.2. The summed E-state index contributed by atoms with van der Waals surface area (Å²) in [5.74, 6) is -0.493. The minimum Gasteiger partial charge on any atom is -0.457 e. The highest BCUT2D eigenvalue weighted by atomic mass is 32.2. The molecule has 2 aromatic carbocycles. The van der Waals surface area contributed by atoms with Gasteiger partial charge in [-0.15, -0.1) is 0 Å². The molecule has 0 radical (unpaired) electrons. The topological polar surface area (TPSA) is 81.5 Å². The van der Waals surface area contributed by atoms with E-state index in [1.54, 1.807) is 0 Å². The molecule has 0 aliphatic carbocycles. The second kappa shape index (κ2) is 8.64. The summed E-state index contributed by atoms with van der Waals surface area (Å²) < 4.78 is 33.9. The Morgan fingerprint density at radius 2 is 1.65 bits per heavy atom. The molecule has 0 saturated carbocycles. The number of sulfonamides is 1. The Morgan fingerprint density at radius 1 is 1.00 bits per heavy atom. The minimum atomic E-state index is -3.49. The summed E-state index contributed by atoms with van der Waals surface area (Å²) in [6, 6.07) is 15.6.